The lowest BCUT2D eigenvalue weighted by molar-refractivity contribution is -0.129. The summed E-state index contributed by atoms with van der Waals surface area (Å²) in [5.74, 6) is -0.171. The second-order valence-corrected chi connectivity index (χ2v) is 8.40. The topological polar surface area (TPSA) is 95.6 Å². The Bertz CT molecular complexity index is 804. The summed E-state index contributed by atoms with van der Waals surface area (Å²) in [5, 5.41) is 2.85. The fraction of sp³-hybridized carbons (Fsp3) is 0.500. The molecule has 136 valence electrons. The molecule has 2 aliphatic rings. The van der Waals surface area contributed by atoms with E-state index in [1.54, 1.807) is 4.90 Å². The number of carbonyl (C=O) groups excluding carboxylic acids is 2. The van der Waals surface area contributed by atoms with Crippen LogP contribution in [0.3, 0.4) is 0 Å². The highest BCUT2D eigenvalue weighted by molar-refractivity contribution is 7.89. The Hall–Kier alpha value is -1.64. The molecule has 2 heterocycles. The lowest BCUT2D eigenvalue weighted by atomic mass is 10.0. The van der Waals surface area contributed by atoms with Gasteiger partial charge in [0.25, 0.3) is 0 Å². The van der Waals surface area contributed by atoms with Gasteiger partial charge >= 0.3 is 0 Å². The van der Waals surface area contributed by atoms with Gasteiger partial charge in [-0.1, -0.05) is 11.6 Å². The van der Waals surface area contributed by atoms with Crippen LogP contribution in [0.4, 0.5) is 5.69 Å². The molecule has 0 saturated carbocycles. The van der Waals surface area contributed by atoms with Crippen molar-refractivity contribution in [3.8, 4) is 0 Å². The minimum Gasteiger partial charge on any atom is -0.343 e. The molecular weight excluding hydrogens is 366 g/mol. The third-order valence-corrected chi connectivity index (χ3v) is 6.17. The maximum Gasteiger partial charge on any atom is 0.240 e. The molecule has 1 fully saturated rings. The zero-order valence-corrected chi connectivity index (χ0v) is 15.3. The van der Waals surface area contributed by atoms with Gasteiger partial charge in [0.05, 0.1) is 15.6 Å². The minimum absolute atomic E-state index is 0.0358. The molecule has 0 aromatic heterocycles. The zero-order chi connectivity index (χ0) is 18.0. The summed E-state index contributed by atoms with van der Waals surface area (Å²) >= 11 is 6.12. The summed E-state index contributed by atoms with van der Waals surface area (Å²) < 4.78 is 27.4. The van der Waals surface area contributed by atoms with Gasteiger partial charge in [-0.15, -0.1) is 0 Å². The Morgan fingerprint density at radius 1 is 1.24 bits per heavy atom. The molecular formula is C16H20ClN3O4S. The number of nitrogens with one attached hydrogen (secondary N) is 2. The second kappa shape index (κ2) is 7.31. The third-order valence-electron chi connectivity index (χ3n) is 4.43. The Morgan fingerprint density at radius 3 is 2.68 bits per heavy atom. The van der Waals surface area contributed by atoms with Gasteiger partial charge in [0, 0.05) is 32.5 Å². The quantitative estimate of drug-likeness (QED) is 0.803. The normalized spacial score (nSPS) is 17.3. The molecule has 0 unspecified atom stereocenters. The second-order valence-electron chi connectivity index (χ2n) is 6.22. The number of nitrogens with zero attached hydrogens (tertiary/aromatic N) is 1. The van der Waals surface area contributed by atoms with E-state index in [1.807, 2.05) is 0 Å². The van der Waals surface area contributed by atoms with Crippen LogP contribution in [0.5, 0.6) is 0 Å². The summed E-state index contributed by atoms with van der Waals surface area (Å²) in [6.45, 7) is 1.54. The highest BCUT2D eigenvalue weighted by atomic mass is 35.5. The summed E-state index contributed by atoms with van der Waals surface area (Å²) in [6.07, 6.45) is 2.87. The first-order chi connectivity index (χ1) is 11.9. The van der Waals surface area contributed by atoms with E-state index in [1.165, 1.54) is 12.1 Å². The average molecular weight is 386 g/mol. The van der Waals surface area contributed by atoms with Gasteiger partial charge in [-0.05, 0) is 37.0 Å². The number of anilines is 1. The van der Waals surface area contributed by atoms with Crippen LogP contribution in [0.15, 0.2) is 17.0 Å². The van der Waals surface area contributed by atoms with Crippen LogP contribution in [0.25, 0.3) is 0 Å². The van der Waals surface area contributed by atoms with E-state index in [0.29, 0.717) is 24.1 Å². The molecule has 1 aromatic rings. The molecule has 9 heteroatoms. The van der Waals surface area contributed by atoms with Crippen LogP contribution in [0.1, 0.15) is 31.2 Å². The lowest BCUT2D eigenvalue weighted by Gasteiger charge is -2.19. The van der Waals surface area contributed by atoms with Crippen LogP contribution in [0.2, 0.25) is 5.02 Å². The Kier molecular flexibility index (Phi) is 5.31. The molecule has 0 bridgehead atoms. The van der Waals surface area contributed by atoms with Crippen molar-refractivity contribution in [1.29, 1.82) is 0 Å². The summed E-state index contributed by atoms with van der Waals surface area (Å²) in [5.41, 5.74) is 1.17. The van der Waals surface area contributed by atoms with Crippen LogP contribution in [-0.4, -0.2) is 44.8 Å². The number of halogens is 1. The third kappa shape index (κ3) is 4.13. The summed E-state index contributed by atoms with van der Waals surface area (Å²) in [4.78, 5) is 25.2. The molecule has 2 amide bonds. The predicted molar refractivity (Wildman–Crippen MR) is 94.0 cm³/mol. The van der Waals surface area contributed by atoms with Crippen molar-refractivity contribution in [3.63, 3.8) is 0 Å². The predicted octanol–water partition coefficient (Wildman–Crippen LogP) is 1.52. The first kappa shape index (κ1) is 18.2. The number of fused-ring (bicyclic) bond motifs is 1. The van der Waals surface area contributed by atoms with Crippen molar-refractivity contribution in [3.05, 3.63) is 22.7 Å². The molecule has 1 aromatic carbocycles. The van der Waals surface area contributed by atoms with E-state index in [2.05, 4.69) is 10.0 Å². The monoisotopic (exact) mass is 385 g/mol. The first-order valence-electron chi connectivity index (χ1n) is 8.26. The Balaban J connectivity index is 1.67. The number of amides is 2. The van der Waals surface area contributed by atoms with E-state index in [9.17, 15) is 18.0 Å². The van der Waals surface area contributed by atoms with E-state index in [0.717, 1.165) is 25.9 Å². The molecule has 3 rings (SSSR count). The summed E-state index contributed by atoms with van der Waals surface area (Å²) in [6, 6.07) is 2.84. The van der Waals surface area contributed by atoms with Crippen molar-refractivity contribution in [1.82, 2.24) is 9.62 Å². The molecule has 7 nitrogen and oxygen atoms in total. The Morgan fingerprint density at radius 2 is 1.96 bits per heavy atom. The number of rotatable bonds is 5. The van der Waals surface area contributed by atoms with Gasteiger partial charge in [0.2, 0.25) is 21.8 Å². The van der Waals surface area contributed by atoms with Gasteiger partial charge in [-0.25, -0.2) is 13.1 Å². The molecule has 25 heavy (non-hydrogen) atoms. The van der Waals surface area contributed by atoms with Crippen LogP contribution in [-0.2, 0) is 26.0 Å². The molecule has 2 aliphatic heterocycles. The van der Waals surface area contributed by atoms with Crippen LogP contribution in [0, 0.1) is 0 Å². The van der Waals surface area contributed by atoms with E-state index >= 15 is 0 Å². The fourth-order valence-corrected chi connectivity index (χ4v) is 4.54. The van der Waals surface area contributed by atoms with Crippen molar-refractivity contribution in [2.24, 2.45) is 0 Å². The molecule has 2 N–H and O–H groups in total. The van der Waals surface area contributed by atoms with Crippen molar-refractivity contribution in [2.45, 2.75) is 37.0 Å². The van der Waals surface area contributed by atoms with Crippen LogP contribution < -0.4 is 10.0 Å². The molecule has 0 radical (unpaired) electrons. The molecule has 0 aliphatic carbocycles. The SMILES string of the molecule is O=C1CCc2cc(S(=O)(=O)NCCC(=O)N3CCCC3)cc(Cl)c2N1. The summed E-state index contributed by atoms with van der Waals surface area (Å²) in [7, 11) is -3.77. The number of carbonyl (C=O) groups is 2. The fourth-order valence-electron chi connectivity index (χ4n) is 3.08. The number of sulfonamides is 1. The smallest absolute Gasteiger partial charge is 0.240 e. The number of aryl methyl sites for hydroxylation is 1. The first-order valence-corrected chi connectivity index (χ1v) is 10.1. The van der Waals surface area contributed by atoms with Gasteiger partial charge in [-0.2, -0.15) is 0 Å². The maximum atomic E-state index is 12.5. The van der Waals surface area contributed by atoms with Crippen LogP contribution >= 0.6 is 11.6 Å². The number of hydrogen-bond donors (Lipinski definition) is 2. The van der Waals surface area contributed by atoms with E-state index in [4.69, 9.17) is 11.6 Å². The number of hydrogen-bond acceptors (Lipinski definition) is 4. The minimum atomic E-state index is -3.77. The molecule has 0 atom stereocenters. The van der Waals surface area contributed by atoms with Gasteiger partial charge < -0.3 is 10.2 Å². The molecule has 1 saturated heterocycles. The maximum absolute atomic E-state index is 12.5. The Labute approximate surface area is 151 Å². The average Bonchev–Trinajstić information content (AvgIpc) is 3.09. The van der Waals surface area contributed by atoms with Crippen molar-refractivity contribution in [2.75, 3.05) is 25.0 Å². The van der Waals surface area contributed by atoms with Gasteiger partial charge in [0.15, 0.2) is 0 Å². The number of likely N-dealkylation sites (tertiary alicyclic amines) is 1. The lowest BCUT2D eigenvalue weighted by Crippen LogP contribution is -2.32. The number of benzene rings is 1. The largest absolute Gasteiger partial charge is 0.343 e. The standard InChI is InChI=1S/C16H20ClN3O4S/c17-13-10-12(9-11-3-4-14(21)19-16(11)13)25(23,24)18-6-5-15(22)20-7-1-2-8-20/h9-10,18H,1-8H2,(H,19,21). The highest BCUT2D eigenvalue weighted by Gasteiger charge is 2.23. The van der Waals surface area contributed by atoms with Crippen molar-refractivity contribution < 1.29 is 18.0 Å². The molecule has 0 spiro atoms. The highest BCUT2D eigenvalue weighted by Crippen LogP contribution is 2.33. The zero-order valence-electron chi connectivity index (χ0n) is 13.7. The van der Waals surface area contributed by atoms with Gasteiger partial charge in [-0.3, -0.25) is 9.59 Å². The van der Waals surface area contributed by atoms with E-state index in [-0.39, 0.29) is 34.7 Å². The van der Waals surface area contributed by atoms with Gasteiger partial charge in [0.1, 0.15) is 0 Å². The van der Waals surface area contributed by atoms with Crippen molar-refractivity contribution >= 4 is 39.1 Å². The van der Waals surface area contributed by atoms with E-state index < -0.39 is 10.0 Å².